The fourth-order valence-corrected chi connectivity index (χ4v) is 2.70. The molecule has 0 bridgehead atoms. The molecule has 1 aromatic carbocycles. The van der Waals surface area contributed by atoms with Gasteiger partial charge < -0.3 is 10.2 Å². The largest absolute Gasteiger partial charge is 0.310 e. The van der Waals surface area contributed by atoms with Crippen LogP contribution in [0, 0.1) is 5.92 Å². The number of hydrogen-bond acceptors (Lipinski definition) is 2. The van der Waals surface area contributed by atoms with E-state index < -0.39 is 0 Å². The van der Waals surface area contributed by atoms with Crippen molar-refractivity contribution in [3.8, 4) is 0 Å². The maximum absolute atomic E-state index is 3.67. The highest BCUT2D eigenvalue weighted by atomic mass is 15.2. The van der Waals surface area contributed by atoms with Gasteiger partial charge in [0.25, 0.3) is 0 Å². The molecular formula is C16H26N2. The van der Waals surface area contributed by atoms with E-state index in [2.05, 4.69) is 61.3 Å². The van der Waals surface area contributed by atoms with E-state index in [0.717, 1.165) is 12.5 Å². The molecule has 0 saturated carbocycles. The van der Waals surface area contributed by atoms with Crippen LogP contribution in [0.1, 0.15) is 38.8 Å². The number of nitrogens with zero attached hydrogens (tertiary/aromatic N) is 1. The smallest absolute Gasteiger partial charge is 0.0291 e. The van der Waals surface area contributed by atoms with Gasteiger partial charge in [-0.1, -0.05) is 30.3 Å². The third-order valence-corrected chi connectivity index (χ3v) is 4.06. The Balaban J connectivity index is 1.76. The van der Waals surface area contributed by atoms with Gasteiger partial charge in [-0.25, -0.2) is 0 Å². The molecule has 0 aliphatic carbocycles. The lowest BCUT2D eigenvalue weighted by molar-refractivity contribution is 0.263. The first-order valence-electron chi connectivity index (χ1n) is 7.19. The first-order chi connectivity index (χ1) is 8.66. The van der Waals surface area contributed by atoms with Gasteiger partial charge >= 0.3 is 0 Å². The summed E-state index contributed by atoms with van der Waals surface area (Å²) in [5.41, 5.74) is 1.39. The standard InChI is InChI=1S/C16H26N2/c1-13(2)18-10-9-15(12-18)11-17-14(3)16-7-5-4-6-8-16/h4-8,13-15,17H,9-12H2,1-3H3. The van der Waals surface area contributed by atoms with Gasteiger partial charge in [0.15, 0.2) is 0 Å². The number of hydrogen-bond donors (Lipinski definition) is 1. The maximum atomic E-state index is 3.67. The van der Waals surface area contributed by atoms with Crippen molar-refractivity contribution < 1.29 is 0 Å². The van der Waals surface area contributed by atoms with Crippen LogP contribution >= 0.6 is 0 Å². The van der Waals surface area contributed by atoms with E-state index in [4.69, 9.17) is 0 Å². The van der Waals surface area contributed by atoms with Crippen LogP contribution < -0.4 is 5.32 Å². The third-order valence-electron chi connectivity index (χ3n) is 4.06. The summed E-state index contributed by atoms with van der Waals surface area (Å²) in [5.74, 6) is 0.818. The van der Waals surface area contributed by atoms with Crippen molar-refractivity contribution in [2.45, 2.75) is 39.3 Å². The van der Waals surface area contributed by atoms with Crippen LogP contribution in [0.15, 0.2) is 30.3 Å². The number of rotatable bonds is 5. The molecule has 1 N–H and O–H groups in total. The monoisotopic (exact) mass is 246 g/mol. The Kier molecular flexibility index (Phi) is 4.79. The molecule has 100 valence electrons. The minimum absolute atomic E-state index is 0.458. The molecule has 1 aliphatic heterocycles. The van der Waals surface area contributed by atoms with Crippen molar-refractivity contribution in [1.29, 1.82) is 0 Å². The van der Waals surface area contributed by atoms with Gasteiger partial charge in [0.1, 0.15) is 0 Å². The van der Waals surface area contributed by atoms with E-state index in [9.17, 15) is 0 Å². The Bertz CT molecular complexity index is 347. The fraction of sp³-hybridized carbons (Fsp3) is 0.625. The Hall–Kier alpha value is -0.860. The zero-order chi connectivity index (χ0) is 13.0. The van der Waals surface area contributed by atoms with Crippen LogP contribution in [-0.4, -0.2) is 30.6 Å². The van der Waals surface area contributed by atoms with Gasteiger partial charge in [0.2, 0.25) is 0 Å². The van der Waals surface area contributed by atoms with Gasteiger partial charge in [0, 0.05) is 18.6 Å². The van der Waals surface area contributed by atoms with Crippen molar-refractivity contribution in [3.05, 3.63) is 35.9 Å². The van der Waals surface area contributed by atoms with E-state index in [1.807, 2.05) is 0 Å². The van der Waals surface area contributed by atoms with Crippen molar-refractivity contribution in [2.24, 2.45) is 5.92 Å². The quantitative estimate of drug-likeness (QED) is 0.859. The predicted octanol–water partition coefficient (Wildman–Crippen LogP) is 3.07. The Labute approximate surface area is 111 Å². The zero-order valence-corrected chi connectivity index (χ0v) is 11.9. The molecule has 2 heteroatoms. The summed E-state index contributed by atoms with van der Waals surface area (Å²) in [6, 6.07) is 11.9. The number of nitrogens with one attached hydrogen (secondary N) is 1. The molecule has 2 nitrogen and oxygen atoms in total. The van der Waals surface area contributed by atoms with Gasteiger partial charge in [-0.05, 0) is 51.8 Å². The van der Waals surface area contributed by atoms with Crippen LogP contribution in [-0.2, 0) is 0 Å². The molecule has 2 rings (SSSR count). The van der Waals surface area contributed by atoms with Crippen molar-refractivity contribution >= 4 is 0 Å². The summed E-state index contributed by atoms with van der Waals surface area (Å²) in [5, 5.41) is 3.67. The third kappa shape index (κ3) is 3.56. The fourth-order valence-electron chi connectivity index (χ4n) is 2.70. The molecule has 0 radical (unpaired) electrons. The molecule has 2 atom stereocenters. The Morgan fingerprint density at radius 2 is 1.94 bits per heavy atom. The molecular weight excluding hydrogens is 220 g/mol. The molecule has 18 heavy (non-hydrogen) atoms. The first kappa shape index (κ1) is 13.6. The average molecular weight is 246 g/mol. The minimum atomic E-state index is 0.458. The highest BCUT2D eigenvalue weighted by Gasteiger charge is 2.24. The number of benzene rings is 1. The lowest BCUT2D eigenvalue weighted by Crippen LogP contribution is -2.31. The van der Waals surface area contributed by atoms with Crippen LogP contribution in [0.5, 0.6) is 0 Å². The second-order valence-corrected chi connectivity index (χ2v) is 5.78. The van der Waals surface area contributed by atoms with Gasteiger partial charge in [-0.3, -0.25) is 0 Å². The van der Waals surface area contributed by atoms with Crippen molar-refractivity contribution in [2.75, 3.05) is 19.6 Å². The molecule has 0 spiro atoms. The summed E-state index contributed by atoms with van der Waals surface area (Å²) in [4.78, 5) is 2.58. The normalized spacial score (nSPS) is 22.6. The lowest BCUT2D eigenvalue weighted by atomic mass is 10.1. The van der Waals surface area contributed by atoms with E-state index in [1.165, 1.54) is 25.1 Å². The molecule has 0 amide bonds. The highest BCUT2D eigenvalue weighted by Crippen LogP contribution is 2.19. The molecule has 1 aliphatic rings. The second kappa shape index (κ2) is 6.35. The summed E-state index contributed by atoms with van der Waals surface area (Å²) < 4.78 is 0. The minimum Gasteiger partial charge on any atom is -0.310 e. The van der Waals surface area contributed by atoms with Crippen LogP contribution in [0.2, 0.25) is 0 Å². The molecule has 0 aromatic heterocycles. The Morgan fingerprint density at radius 3 is 2.56 bits per heavy atom. The Morgan fingerprint density at radius 1 is 1.22 bits per heavy atom. The van der Waals surface area contributed by atoms with Gasteiger partial charge in [-0.15, -0.1) is 0 Å². The van der Waals surface area contributed by atoms with E-state index in [-0.39, 0.29) is 0 Å². The van der Waals surface area contributed by atoms with Gasteiger partial charge in [0.05, 0.1) is 0 Å². The summed E-state index contributed by atoms with van der Waals surface area (Å²) >= 11 is 0. The lowest BCUT2D eigenvalue weighted by Gasteiger charge is -2.21. The van der Waals surface area contributed by atoms with Crippen molar-refractivity contribution in [1.82, 2.24) is 10.2 Å². The second-order valence-electron chi connectivity index (χ2n) is 5.78. The van der Waals surface area contributed by atoms with Crippen LogP contribution in [0.4, 0.5) is 0 Å². The summed E-state index contributed by atoms with van der Waals surface area (Å²) in [6.45, 7) is 10.5. The van der Waals surface area contributed by atoms with E-state index >= 15 is 0 Å². The zero-order valence-electron chi connectivity index (χ0n) is 11.9. The SMILES string of the molecule is CC(NCC1CCN(C(C)C)C1)c1ccccc1. The van der Waals surface area contributed by atoms with Crippen LogP contribution in [0.25, 0.3) is 0 Å². The summed E-state index contributed by atoms with van der Waals surface area (Å²) in [7, 11) is 0. The van der Waals surface area contributed by atoms with Crippen LogP contribution in [0.3, 0.4) is 0 Å². The first-order valence-corrected chi connectivity index (χ1v) is 7.19. The molecule has 1 aromatic rings. The average Bonchev–Trinajstić information content (AvgIpc) is 2.86. The highest BCUT2D eigenvalue weighted by molar-refractivity contribution is 5.17. The molecule has 1 fully saturated rings. The van der Waals surface area contributed by atoms with Crippen molar-refractivity contribution in [3.63, 3.8) is 0 Å². The van der Waals surface area contributed by atoms with E-state index in [0.29, 0.717) is 12.1 Å². The molecule has 2 unspecified atom stereocenters. The molecule has 1 saturated heterocycles. The predicted molar refractivity (Wildman–Crippen MR) is 77.7 cm³/mol. The molecule has 1 heterocycles. The number of likely N-dealkylation sites (tertiary alicyclic amines) is 1. The van der Waals surface area contributed by atoms with Gasteiger partial charge in [-0.2, -0.15) is 0 Å². The summed E-state index contributed by atoms with van der Waals surface area (Å²) in [6.07, 6.45) is 1.34. The maximum Gasteiger partial charge on any atom is 0.0291 e. The topological polar surface area (TPSA) is 15.3 Å². The van der Waals surface area contributed by atoms with E-state index in [1.54, 1.807) is 0 Å².